The quantitative estimate of drug-likeness (QED) is 0.704. The Bertz CT molecular complexity index is 805. The first kappa shape index (κ1) is 11.3. The number of hydrogen-bond acceptors (Lipinski definition) is 5. The number of nitrogen functional groups attached to an aromatic ring is 1. The molecule has 3 N–H and O–H groups in total. The Hall–Kier alpha value is -2.83. The number of aromatic amines is 1. The minimum absolute atomic E-state index is 0.201. The maximum absolute atomic E-state index is 11.9. The van der Waals surface area contributed by atoms with Gasteiger partial charge in [-0.3, -0.25) is 9.36 Å². The van der Waals surface area contributed by atoms with E-state index in [-0.39, 0.29) is 11.5 Å². The number of methoxy groups -OCH3 is 1. The van der Waals surface area contributed by atoms with Crippen LogP contribution in [0.3, 0.4) is 0 Å². The molecule has 0 saturated carbocycles. The molecule has 1 aromatic carbocycles. The van der Waals surface area contributed by atoms with Crippen LogP contribution in [0.5, 0.6) is 5.75 Å². The highest BCUT2D eigenvalue weighted by Crippen LogP contribution is 2.22. The van der Waals surface area contributed by atoms with Crippen LogP contribution in [0.4, 0.5) is 5.95 Å². The van der Waals surface area contributed by atoms with Gasteiger partial charge in [0.05, 0.1) is 19.1 Å². The third-order valence-corrected chi connectivity index (χ3v) is 2.79. The predicted octanol–water partition coefficient (Wildman–Crippen LogP) is 0.700. The van der Waals surface area contributed by atoms with E-state index < -0.39 is 0 Å². The van der Waals surface area contributed by atoms with Crippen LogP contribution in [-0.2, 0) is 0 Å². The van der Waals surface area contributed by atoms with Crippen molar-refractivity contribution in [1.29, 1.82) is 0 Å². The molecular weight excluding hydrogens is 246 g/mol. The zero-order valence-electron chi connectivity index (χ0n) is 10.1. The second-order valence-corrected chi connectivity index (χ2v) is 3.91. The summed E-state index contributed by atoms with van der Waals surface area (Å²) in [4.78, 5) is 22.5. The number of ether oxygens (including phenoxy) is 1. The van der Waals surface area contributed by atoms with Gasteiger partial charge in [0.25, 0.3) is 5.56 Å². The summed E-state index contributed by atoms with van der Waals surface area (Å²) >= 11 is 0. The van der Waals surface area contributed by atoms with Crippen LogP contribution in [0.25, 0.3) is 16.9 Å². The Kier molecular flexibility index (Phi) is 2.45. The highest BCUT2D eigenvalue weighted by atomic mass is 16.5. The van der Waals surface area contributed by atoms with Crippen molar-refractivity contribution in [3.05, 3.63) is 40.9 Å². The summed E-state index contributed by atoms with van der Waals surface area (Å²) in [5.41, 5.74) is 6.88. The molecule has 7 nitrogen and oxygen atoms in total. The first-order chi connectivity index (χ1) is 9.20. The summed E-state index contributed by atoms with van der Waals surface area (Å²) in [6.07, 6.45) is 1.30. The van der Waals surface area contributed by atoms with Crippen molar-refractivity contribution in [2.75, 3.05) is 12.8 Å². The number of benzene rings is 1. The lowest BCUT2D eigenvalue weighted by Crippen LogP contribution is -2.11. The monoisotopic (exact) mass is 257 g/mol. The average molecular weight is 257 g/mol. The molecule has 2 heterocycles. The number of imidazole rings is 1. The molecule has 7 heteroatoms. The van der Waals surface area contributed by atoms with E-state index in [0.29, 0.717) is 22.6 Å². The molecule has 19 heavy (non-hydrogen) atoms. The number of hydrogen-bond donors (Lipinski definition) is 2. The number of nitrogens with zero attached hydrogens (tertiary/aromatic N) is 3. The van der Waals surface area contributed by atoms with Gasteiger partial charge in [0.2, 0.25) is 5.95 Å². The standard InChI is InChI=1S/C12H11N5O2/c1-19-8-4-2-3-7(5-8)17-9-10(16-12(17)13)14-6-15-11(9)18/h2-6H,1H3,(H3,13,14,15,16,18). The van der Waals surface area contributed by atoms with Crippen molar-refractivity contribution in [3.63, 3.8) is 0 Å². The average Bonchev–Trinajstić information content (AvgIpc) is 2.76. The van der Waals surface area contributed by atoms with E-state index in [2.05, 4.69) is 15.0 Å². The van der Waals surface area contributed by atoms with Crippen molar-refractivity contribution in [2.24, 2.45) is 0 Å². The van der Waals surface area contributed by atoms with Gasteiger partial charge in [-0.15, -0.1) is 0 Å². The normalized spacial score (nSPS) is 10.8. The third-order valence-electron chi connectivity index (χ3n) is 2.79. The minimum atomic E-state index is -0.294. The summed E-state index contributed by atoms with van der Waals surface area (Å²) in [5, 5.41) is 0. The number of anilines is 1. The van der Waals surface area contributed by atoms with Gasteiger partial charge in [0.1, 0.15) is 5.75 Å². The molecule has 0 saturated heterocycles. The Labute approximate surface area is 107 Å². The maximum Gasteiger partial charge on any atom is 0.277 e. The van der Waals surface area contributed by atoms with E-state index in [1.165, 1.54) is 6.33 Å². The number of nitrogens with two attached hydrogens (primary N) is 1. The fraction of sp³-hybridized carbons (Fsp3) is 0.0833. The van der Waals surface area contributed by atoms with Crippen LogP contribution < -0.4 is 16.0 Å². The van der Waals surface area contributed by atoms with Gasteiger partial charge >= 0.3 is 0 Å². The van der Waals surface area contributed by atoms with E-state index in [4.69, 9.17) is 10.5 Å². The number of H-pyrrole nitrogens is 1. The molecule has 0 spiro atoms. The van der Waals surface area contributed by atoms with Gasteiger partial charge in [0.15, 0.2) is 11.2 Å². The fourth-order valence-electron chi connectivity index (χ4n) is 1.95. The molecule has 0 fully saturated rings. The van der Waals surface area contributed by atoms with Crippen LogP contribution in [0.2, 0.25) is 0 Å². The van der Waals surface area contributed by atoms with E-state index >= 15 is 0 Å². The fourth-order valence-corrected chi connectivity index (χ4v) is 1.95. The molecule has 96 valence electrons. The molecule has 0 aliphatic heterocycles. The first-order valence-electron chi connectivity index (χ1n) is 5.57. The van der Waals surface area contributed by atoms with Crippen LogP contribution >= 0.6 is 0 Å². The largest absolute Gasteiger partial charge is 0.497 e. The first-order valence-corrected chi connectivity index (χ1v) is 5.57. The molecule has 0 atom stereocenters. The van der Waals surface area contributed by atoms with Crippen molar-refractivity contribution in [2.45, 2.75) is 0 Å². The highest BCUT2D eigenvalue weighted by molar-refractivity contribution is 5.76. The zero-order valence-corrected chi connectivity index (χ0v) is 10.1. The summed E-state index contributed by atoms with van der Waals surface area (Å²) < 4.78 is 6.70. The van der Waals surface area contributed by atoms with E-state index in [9.17, 15) is 4.79 Å². The van der Waals surface area contributed by atoms with E-state index in [1.807, 2.05) is 12.1 Å². The molecule has 3 aromatic rings. The van der Waals surface area contributed by atoms with Crippen LogP contribution in [0.15, 0.2) is 35.4 Å². The summed E-state index contributed by atoms with van der Waals surface area (Å²) in [6, 6.07) is 7.20. The number of rotatable bonds is 2. The van der Waals surface area contributed by atoms with Crippen molar-refractivity contribution < 1.29 is 4.74 Å². The van der Waals surface area contributed by atoms with Gasteiger partial charge in [-0.25, -0.2) is 4.98 Å². The van der Waals surface area contributed by atoms with Crippen molar-refractivity contribution in [3.8, 4) is 11.4 Å². The molecule has 0 amide bonds. The second kappa shape index (κ2) is 4.13. The molecule has 0 aliphatic carbocycles. The Balaban J connectivity index is 2.35. The number of fused-ring (bicyclic) bond motifs is 1. The van der Waals surface area contributed by atoms with Crippen molar-refractivity contribution in [1.82, 2.24) is 19.5 Å². The van der Waals surface area contributed by atoms with Crippen LogP contribution in [-0.4, -0.2) is 26.6 Å². The van der Waals surface area contributed by atoms with Crippen molar-refractivity contribution >= 4 is 17.1 Å². The second-order valence-electron chi connectivity index (χ2n) is 3.91. The minimum Gasteiger partial charge on any atom is -0.497 e. The molecule has 2 aromatic heterocycles. The molecule has 0 bridgehead atoms. The molecule has 0 aliphatic rings. The molecule has 3 rings (SSSR count). The van der Waals surface area contributed by atoms with E-state index in [1.54, 1.807) is 23.8 Å². The molecule has 0 unspecified atom stereocenters. The number of aromatic nitrogens is 4. The van der Waals surface area contributed by atoms with Gasteiger partial charge in [-0.05, 0) is 12.1 Å². The van der Waals surface area contributed by atoms with Gasteiger partial charge in [0, 0.05) is 6.07 Å². The molecular formula is C12H11N5O2. The summed E-state index contributed by atoms with van der Waals surface area (Å²) in [6.45, 7) is 0. The van der Waals surface area contributed by atoms with Gasteiger partial charge in [-0.1, -0.05) is 6.07 Å². The Morgan fingerprint density at radius 2 is 2.26 bits per heavy atom. The lowest BCUT2D eigenvalue weighted by Gasteiger charge is -2.07. The molecule has 0 radical (unpaired) electrons. The maximum atomic E-state index is 11.9. The van der Waals surface area contributed by atoms with Crippen LogP contribution in [0.1, 0.15) is 0 Å². The summed E-state index contributed by atoms with van der Waals surface area (Å²) in [7, 11) is 1.57. The predicted molar refractivity (Wildman–Crippen MR) is 70.5 cm³/mol. The Morgan fingerprint density at radius 3 is 3.05 bits per heavy atom. The summed E-state index contributed by atoms with van der Waals surface area (Å²) in [5.74, 6) is 0.867. The number of nitrogens with one attached hydrogen (secondary N) is 1. The lowest BCUT2D eigenvalue weighted by atomic mass is 10.3. The lowest BCUT2D eigenvalue weighted by molar-refractivity contribution is 0.414. The third kappa shape index (κ3) is 1.71. The zero-order chi connectivity index (χ0) is 13.4. The van der Waals surface area contributed by atoms with Crippen LogP contribution in [0, 0.1) is 0 Å². The Morgan fingerprint density at radius 1 is 1.42 bits per heavy atom. The van der Waals surface area contributed by atoms with Gasteiger partial charge < -0.3 is 15.5 Å². The van der Waals surface area contributed by atoms with E-state index in [0.717, 1.165) is 0 Å². The van der Waals surface area contributed by atoms with Gasteiger partial charge in [-0.2, -0.15) is 4.98 Å². The topological polar surface area (TPSA) is 98.8 Å². The smallest absolute Gasteiger partial charge is 0.277 e. The SMILES string of the molecule is COc1cccc(-n2c(N)nc3nc[nH]c(=O)c32)c1. The highest BCUT2D eigenvalue weighted by Gasteiger charge is 2.14.